The van der Waals surface area contributed by atoms with E-state index in [4.69, 9.17) is 4.98 Å². The van der Waals surface area contributed by atoms with Gasteiger partial charge in [0.05, 0.1) is 23.2 Å². The van der Waals surface area contributed by atoms with E-state index in [1.165, 1.54) is 0 Å². The summed E-state index contributed by atoms with van der Waals surface area (Å²) in [4.78, 5) is 33.6. The van der Waals surface area contributed by atoms with E-state index >= 15 is 0 Å². The molecule has 30 heavy (non-hydrogen) atoms. The molecule has 7 heteroatoms. The molecule has 0 aliphatic heterocycles. The molecule has 2 rings (SSSR count). The highest BCUT2D eigenvalue weighted by atomic mass is 16.2. The van der Waals surface area contributed by atoms with E-state index in [1.54, 1.807) is 6.20 Å². The number of rotatable bonds is 8. The van der Waals surface area contributed by atoms with Gasteiger partial charge in [-0.2, -0.15) is 0 Å². The molecule has 1 aromatic heterocycles. The molecule has 7 nitrogen and oxygen atoms in total. The second-order valence-corrected chi connectivity index (χ2v) is 8.31. The van der Waals surface area contributed by atoms with Gasteiger partial charge >= 0.3 is 0 Å². The van der Waals surface area contributed by atoms with Crippen LogP contribution in [0.3, 0.4) is 0 Å². The number of carbonyl (C=O) groups is 2. The van der Waals surface area contributed by atoms with Gasteiger partial charge in [0.25, 0.3) is 5.91 Å². The number of hydrogen-bond acceptors (Lipinski definition) is 5. The number of nitrogens with zero attached hydrogens (tertiary/aromatic N) is 2. The Kier molecular flexibility index (Phi) is 9.27. The van der Waals surface area contributed by atoms with Crippen molar-refractivity contribution in [2.45, 2.75) is 97.7 Å². The lowest BCUT2D eigenvalue weighted by molar-refractivity contribution is -0.121. The monoisotopic (exact) mass is 415 g/mol. The first-order valence-corrected chi connectivity index (χ1v) is 11.2. The van der Waals surface area contributed by atoms with Crippen molar-refractivity contribution in [1.29, 1.82) is 0 Å². The van der Waals surface area contributed by atoms with Crippen LogP contribution in [0.15, 0.2) is 12.3 Å². The molecule has 166 valence electrons. The number of carbonyl (C=O) groups excluding carboxylic acids is 2. The first-order valence-electron chi connectivity index (χ1n) is 11.2. The van der Waals surface area contributed by atoms with Crippen molar-refractivity contribution < 1.29 is 9.59 Å². The third-order valence-corrected chi connectivity index (χ3v) is 5.29. The Hall–Kier alpha value is -2.44. The van der Waals surface area contributed by atoms with Gasteiger partial charge in [0.1, 0.15) is 5.82 Å². The Labute approximate surface area is 180 Å². The average Bonchev–Trinajstić information content (AvgIpc) is 2.92. The van der Waals surface area contributed by atoms with E-state index < -0.39 is 0 Å². The molecule has 1 heterocycles. The summed E-state index contributed by atoms with van der Waals surface area (Å²) in [7, 11) is 0. The van der Waals surface area contributed by atoms with E-state index in [1.807, 2.05) is 40.7 Å². The number of aryl methyl sites for hydroxylation is 1. The lowest BCUT2D eigenvalue weighted by atomic mass is 10.1. The van der Waals surface area contributed by atoms with Gasteiger partial charge < -0.3 is 16.0 Å². The van der Waals surface area contributed by atoms with Crippen LogP contribution in [-0.4, -0.2) is 39.9 Å². The van der Waals surface area contributed by atoms with Crippen LogP contribution in [0.5, 0.6) is 0 Å². The number of hydrogen-bond donors (Lipinski definition) is 3. The Morgan fingerprint density at radius 3 is 2.53 bits per heavy atom. The summed E-state index contributed by atoms with van der Waals surface area (Å²) < 4.78 is 0. The molecular formula is C23H37N5O2. The number of anilines is 1. The van der Waals surface area contributed by atoms with Crippen molar-refractivity contribution in [3.8, 4) is 0 Å². The fourth-order valence-corrected chi connectivity index (χ4v) is 3.74. The normalized spacial score (nSPS) is 19.9. The van der Waals surface area contributed by atoms with Crippen LogP contribution >= 0.6 is 0 Å². The molecule has 0 unspecified atom stereocenters. The summed E-state index contributed by atoms with van der Waals surface area (Å²) in [6, 6.07) is 0.587. The molecule has 2 atom stereocenters. The van der Waals surface area contributed by atoms with E-state index in [2.05, 4.69) is 20.9 Å². The predicted octanol–water partition coefficient (Wildman–Crippen LogP) is 3.74. The number of nitrogens with one attached hydrogen (secondary N) is 3. The molecule has 1 aliphatic rings. The maximum atomic E-state index is 12.7. The summed E-state index contributed by atoms with van der Waals surface area (Å²) >= 11 is 0. The maximum absolute atomic E-state index is 12.7. The highest BCUT2D eigenvalue weighted by molar-refractivity contribution is 6.19. The van der Waals surface area contributed by atoms with Crippen molar-refractivity contribution in [1.82, 2.24) is 20.6 Å². The fourth-order valence-electron chi connectivity index (χ4n) is 3.74. The largest absolute Gasteiger partial charge is 0.366 e. The maximum Gasteiger partial charge on any atom is 0.253 e. The summed E-state index contributed by atoms with van der Waals surface area (Å²) in [5.41, 5.74) is 1.94. The topological polar surface area (TPSA) is 96.0 Å². The standard InChI is InChI=1S/C23H37N5O2/c1-6-9-19(23(30)25-15(3)4)22-16(5)24-14-20(28-22)26-17-10-8-11-18(13-12-17)27-21(29)7-2/h9,14-15,17-18H,6-8,10-13H2,1-5H3,(H,25,30)(H,26,28)(H,27,29)/b19-9+/t17-,18+/m1/s1. The van der Waals surface area contributed by atoms with Gasteiger partial charge in [-0.05, 0) is 59.3 Å². The fraction of sp³-hybridized carbons (Fsp3) is 0.652. The average molecular weight is 416 g/mol. The number of aromatic nitrogens is 2. The Morgan fingerprint density at radius 2 is 1.87 bits per heavy atom. The van der Waals surface area contributed by atoms with Gasteiger partial charge in [0, 0.05) is 24.5 Å². The zero-order chi connectivity index (χ0) is 22.1. The molecule has 1 fully saturated rings. The highest BCUT2D eigenvalue weighted by Gasteiger charge is 2.22. The van der Waals surface area contributed by atoms with Gasteiger partial charge in [-0.25, -0.2) is 4.98 Å². The molecule has 1 aliphatic carbocycles. The van der Waals surface area contributed by atoms with Gasteiger partial charge in [-0.1, -0.05) is 19.9 Å². The lowest BCUT2D eigenvalue weighted by Crippen LogP contribution is -2.34. The second-order valence-electron chi connectivity index (χ2n) is 8.31. The third-order valence-electron chi connectivity index (χ3n) is 5.29. The van der Waals surface area contributed by atoms with Gasteiger partial charge in [-0.15, -0.1) is 0 Å². The quantitative estimate of drug-likeness (QED) is 0.444. The first-order chi connectivity index (χ1) is 14.3. The third kappa shape index (κ3) is 7.11. The van der Waals surface area contributed by atoms with E-state index in [0.29, 0.717) is 23.5 Å². The minimum atomic E-state index is -0.120. The zero-order valence-corrected chi connectivity index (χ0v) is 19.0. The lowest BCUT2D eigenvalue weighted by Gasteiger charge is -2.19. The van der Waals surface area contributed by atoms with Gasteiger partial charge in [0.2, 0.25) is 5.91 Å². The summed E-state index contributed by atoms with van der Waals surface area (Å²) in [5, 5.41) is 9.59. The Morgan fingerprint density at radius 1 is 1.17 bits per heavy atom. The first kappa shape index (κ1) is 23.8. The molecule has 1 aromatic rings. The van der Waals surface area contributed by atoms with E-state index in [0.717, 1.165) is 44.2 Å². The van der Waals surface area contributed by atoms with Crippen molar-refractivity contribution in [3.05, 3.63) is 23.7 Å². The molecule has 0 bridgehead atoms. The minimum Gasteiger partial charge on any atom is -0.366 e. The van der Waals surface area contributed by atoms with E-state index in [9.17, 15) is 9.59 Å². The Bertz CT molecular complexity index is 760. The second kappa shape index (κ2) is 11.7. The van der Waals surface area contributed by atoms with Crippen molar-refractivity contribution in [3.63, 3.8) is 0 Å². The molecule has 1 saturated carbocycles. The molecule has 0 aromatic carbocycles. The zero-order valence-electron chi connectivity index (χ0n) is 19.0. The molecule has 0 saturated heterocycles. The number of allylic oxidation sites excluding steroid dienone is 1. The van der Waals surface area contributed by atoms with Crippen LogP contribution in [0.25, 0.3) is 5.57 Å². The molecule has 2 amide bonds. The van der Waals surface area contributed by atoms with Crippen molar-refractivity contribution >= 4 is 23.2 Å². The Balaban J connectivity index is 2.11. The number of amides is 2. The predicted molar refractivity (Wildman–Crippen MR) is 121 cm³/mol. The van der Waals surface area contributed by atoms with Crippen LogP contribution in [0.2, 0.25) is 0 Å². The van der Waals surface area contributed by atoms with Gasteiger partial charge in [0.15, 0.2) is 0 Å². The summed E-state index contributed by atoms with van der Waals surface area (Å²) in [6.45, 7) is 9.66. The summed E-state index contributed by atoms with van der Waals surface area (Å²) in [5.74, 6) is 0.691. The van der Waals surface area contributed by atoms with Crippen LogP contribution in [0, 0.1) is 6.92 Å². The van der Waals surface area contributed by atoms with E-state index in [-0.39, 0.29) is 29.9 Å². The van der Waals surface area contributed by atoms with Gasteiger partial charge in [-0.3, -0.25) is 14.6 Å². The van der Waals surface area contributed by atoms with Crippen LogP contribution < -0.4 is 16.0 Å². The minimum absolute atomic E-state index is 0.0551. The van der Waals surface area contributed by atoms with Crippen molar-refractivity contribution in [2.24, 2.45) is 0 Å². The van der Waals surface area contributed by atoms with Crippen molar-refractivity contribution in [2.75, 3.05) is 5.32 Å². The van der Waals surface area contributed by atoms with Crippen LogP contribution in [0.1, 0.15) is 84.0 Å². The summed E-state index contributed by atoms with van der Waals surface area (Å²) in [6.07, 6.45) is 9.91. The molecular weight excluding hydrogens is 378 g/mol. The highest BCUT2D eigenvalue weighted by Crippen LogP contribution is 2.23. The molecule has 0 radical (unpaired) electrons. The SMILES string of the molecule is CC/C=C(/C(=O)NC(C)C)c1nc(N[C@@H]2CCC[C@H](NC(=O)CC)CC2)cnc1C. The van der Waals surface area contributed by atoms with Crippen LogP contribution in [0.4, 0.5) is 5.82 Å². The van der Waals surface area contributed by atoms with Crippen LogP contribution in [-0.2, 0) is 9.59 Å². The molecule has 0 spiro atoms. The smallest absolute Gasteiger partial charge is 0.253 e. The molecule has 3 N–H and O–H groups in total.